The van der Waals surface area contributed by atoms with E-state index in [0.717, 1.165) is 11.6 Å². The lowest BCUT2D eigenvalue weighted by Gasteiger charge is -2.07. The number of hydrogen-bond donors (Lipinski definition) is 0. The van der Waals surface area contributed by atoms with Gasteiger partial charge in [-0.3, -0.25) is 0 Å². The first-order chi connectivity index (χ1) is 9.22. The highest BCUT2D eigenvalue weighted by molar-refractivity contribution is 5.45. The SMILES string of the molecule is N#CCc1ccc(Oc2ccc(F)cc2C#N)cc1. The number of halogens is 1. The first-order valence-corrected chi connectivity index (χ1v) is 5.56. The molecule has 92 valence electrons. The van der Waals surface area contributed by atoms with Gasteiger partial charge < -0.3 is 4.74 Å². The highest BCUT2D eigenvalue weighted by Crippen LogP contribution is 2.25. The molecule has 0 saturated heterocycles. The average molecular weight is 252 g/mol. The van der Waals surface area contributed by atoms with Crippen molar-refractivity contribution in [3.63, 3.8) is 0 Å². The maximum Gasteiger partial charge on any atom is 0.145 e. The molecule has 0 aliphatic heterocycles. The Bertz CT molecular complexity index is 666. The van der Waals surface area contributed by atoms with Gasteiger partial charge in [0, 0.05) is 0 Å². The average Bonchev–Trinajstić information content (AvgIpc) is 2.43. The van der Waals surface area contributed by atoms with Crippen LogP contribution in [0.2, 0.25) is 0 Å². The van der Waals surface area contributed by atoms with E-state index in [1.807, 2.05) is 6.07 Å². The van der Waals surface area contributed by atoms with Gasteiger partial charge in [0.15, 0.2) is 0 Å². The van der Waals surface area contributed by atoms with Crippen molar-refractivity contribution in [2.45, 2.75) is 6.42 Å². The largest absolute Gasteiger partial charge is 0.456 e. The molecule has 4 heteroatoms. The minimum absolute atomic E-state index is 0.140. The Kier molecular flexibility index (Phi) is 3.75. The van der Waals surface area contributed by atoms with Crippen LogP contribution < -0.4 is 4.74 Å². The van der Waals surface area contributed by atoms with Gasteiger partial charge in [-0.05, 0) is 35.9 Å². The molecule has 0 heterocycles. The van der Waals surface area contributed by atoms with Crippen LogP contribution in [0.25, 0.3) is 0 Å². The minimum atomic E-state index is -0.478. The molecule has 3 nitrogen and oxygen atoms in total. The van der Waals surface area contributed by atoms with E-state index in [2.05, 4.69) is 6.07 Å². The molecule has 0 aromatic heterocycles. The summed E-state index contributed by atoms with van der Waals surface area (Å²) in [6.45, 7) is 0. The molecule has 2 aromatic rings. The highest BCUT2D eigenvalue weighted by Gasteiger charge is 2.06. The fraction of sp³-hybridized carbons (Fsp3) is 0.0667. The van der Waals surface area contributed by atoms with Gasteiger partial charge in [0.25, 0.3) is 0 Å². The smallest absolute Gasteiger partial charge is 0.145 e. The Morgan fingerprint density at radius 1 is 1.05 bits per heavy atom. The molecular weight excluding hydrogens is 243 g/mol. The fourth-order valence-electron chi connectivity index (χ4n) is 1.57. The molecule has 0 amide bonds. The van der Waals surface area contributed by atoms with Crippen LogP contribution in [0.4, 0.5) is 4.39 Å². The molecular formula is C15H9FN2O. The molecule has 2 rings (SSSR count). The van der Waals surface area contributed by atoms with Gasteiger partial charge in [0.05, 0.1) is 18.1 Å². The van der Waals surface area contributed by atoms with Gasteiger partial charge in [0.2, 0.25) is 0 Å². The monoisotopic (exact) mass is 252 g/mol. The predicted molar refractivity (Wildman–Crippen MR) is 66.9 cm³/mol. The van der Waals surface area contributed by atoms with Crippen LogP contribution in [0.5, 0.6) is 11.5 Å². The Balaban J connectivity index is 2.22. The molecule has 0 radical (unpaired) electrons. The summed E-state index contributed by atoms with van der Waals surface area (Å²) in [6, 6.07) is 14.7. The number of ether oxygens (including phenoxy) is 1. The van der Waals surface area contributed by atoms with Gasteiger partial charge in [-0.2, -0.15) is 10.5 Å². The van der Waals surface area contributed by atoms with Gasteiger partial charge in [-0.1, -0.05) is 12.1 Å². The number of nitrogens with zero attached hydrogens (tertiary/aromatic N) is 2. The maximum atomic E-state index is 13.0. The van der Waals surface area contributed by atoms with Crippen molar-refractivity contribution in [3.05, 3.63) is 59.4 Å². The van der Waals surface area contributed by atoms with Crippen LogP contribution in [0.3, 0.4) is 0 Å². The summed E-state index contributed by atoms with van der Waals surface area (Å²) in [5, 5.41) is 17.5. The van der Waals surface area contributed by atoms with Crippen molar-refractivity contribution in [3.8, 4) is 23.6 Å². The summed E-state index contributed by atoms with van der Waals surface area (Å²) in [7, 11) is 0. The summed E-state index contributed by atoms with van der Waals surface area (Å²) in [4.78, 5) is 0. The van der Waals surface area contributed by atoms with Gasteiger partial charge in [0.1, 0.15) is 23.4 Å². The molecule has 19 heavy (non-hydrogen) atoms. The summed E-state index contributed by atoms with van der Waals surface area (Å²) in [5.74, 6) is 0.356. The minimum Gasteiger partial charge on any atom is -0.456 e. The molecule has 0 fully saturated rings. The number of benzene rings is 2. The quantitative estimate of drug-likeness (QED) is 0.839. The number of nitriles is 2. The van der Waals surface area contributed by atoms with E-state index in [4.69, 9.17) is 15.3 Å². The van der Waals surface area contributed by atoms with Crippen molar-refractivity contribution >= 4 is 0 Å². The summed E-state index contributed by atoms with van der Waals surface area (Å²) in [5.41, 5.74) is 1.02. The topological polar surface area (TPSA) is 56.8 Å². The van der Waals surface area contributed by atoms with Crippen LogP contribution in [-0.4, -0.2) is 0 Å². The van der Waals surface area contributed by atoms with E-state index in [9.17, 15) is 4.39 Å². The number of hydrogen-bond acceptors (Lipinski definition) is 3. The van der Waals surface area contributed by atoms with E-state index >= 15 is 0 Å². The normalized spacial score (nSPS) is 9.42. The molecule has 0 aliphatic carbocycles. The Labute approximate surface area is 110 Å². The lowest BCUT2D eigenvalue weighted by atomic mass is 10.1. The van der Waals surface area contributed by atoms with E-state index in [1.54, 1.807) is 24.3 Å². The third-order valence-electron chi connectivity index (χ3n) is 2.50. The Morgan fingerprint density at radius 2 is 1.79 bits per heavy atom. The molecule has 0 bridgehead atoms. The molecule has 0 unspecified atom stereocenters. The Morgan fingerprint density at radius 3 is 2.42 bits per heavy atom. The second-order valence-electron chi connectivity index (χ2n) is 3.83. The zero-order valence-electron chi connectivity index (χ0n) is 9.93. The van der Waals surface area contributed by atoms with Gasteiger partial charge in [-0.15, -0.1) is 0 Å². The highest BCUT2D eigenvalue weighted by atomic mass is 19.1. The summed E-state index contributed by atoms with van der Waals surface area (Å²) in [6.07, 6.45) is 0.334. The molecule has 2 aromatic carbocycles. The van der Waals surface area contributed by atoms with Crippen LogP contribution in [-0.2, 0) is 6.42 Å². The molecule has 0 atom stereocenters. The zero-order valence-corrected chi connectivity index (χ0v) is 9.93. The van der Waals surface area contributed by atoms with Crippen molar-refractivity contribution in [2.24, 2.45) is 0 Å². The first-order valence-electron chi connectivity index (χ1n) is 5.56. The van der Waals surface area contributed by atoms with Crippen molar-refractivity contribution in [2.75, 3.05) is 0 Å². The second kappa shape index (κ2) is 5.66. The van der Waals surface area contributed by atoms with Crippen molar-refractivity contribution in [1.82, 2.24) is 0 Å². The van der Waals surface area contributed by atoms with E-state index in [-0.39, 0.29) is 5.56 Å². The van der Waals surface area contributed by atoms with Crippen LogP contribution in [0.1, 0.15) is 11.1 Å². The van der Waals surface area contributed by atoms with E-state index in [1.165, 1.54) is 12.1 Å². The lowest BCUT2D eigenvalue weighted by Crippen LogP contribution is -1.90. The zero-order chi connectivity index (χ0) is 13.7. The molecule has 0 N–H and O–H groups in total. The molecule has 0 saturated carbocycles. The standard InChI is InChI=1S/C15H9FN2O/c16-13-3-6-15(12(9-13)10-18)19-14-4-1-11(2-5-14)7-8-17/h1-6,9H,7H2. The molecule has 0 spiro atoms. The number of rotatable bonds is 3. The fourth-order valence-corrected chi connectivity index (χ4v) is 1.57. The summed E-state index contributed by atoms with van der Waals surface area (Å²) < 4.78 is 18.5. The van der Waals surface area contributed by atoms with Crippen molar-refractivity contribution in [1.29, 1.82) is 10.5 Å². The molecule has 0 aliphatic rings. The second-order valence-corrected chi connectivity index (χ2v) is 3.83. The predicted octanol–water partition coefficient (Wildman–Crippen LogP) is 3.56. The Hall–Kier alpha value is -2.85. The van der Waals surface area contributed by atoms with Crippen LogP contribution in [0.15, 0.2) is 42.5 Å². The van der Waals surface area contributed by atoms with Crippen LogP contribution >= 0.6 is 0 Å². The van der Waals surface area contributed by atoms with Crippen molar-refractivity contribution < 1.29 is 9.13 Å². The van der Waals surface area contributed by atoms with Gasteiger partial charge >= 0.3 is 0 Å². The maximum absolute atomic E-state index is 13.0. The summed E-state index contributed by atoms with van der Waals surface area (Å²) >= 11 is 0. The van der Waals surface area contributed by atoms with Gasteiger partial charge in [-0.25, -0.2) is 4.39 Å². The third-order valence-corrected chi connectivity index (χ3v) is 2.50. The van der Waals surface area contributed by atoms with E-state index in [0.29, 0.717) is 17.9 Å². The first kappa shape index (κ1) is 12.6. The van der Waals surface area contributed by atoms with Crippen LogP contribution in [0, 0.1) is 28.5 Å². The lowest BCUT2D eigenvalue weighted by molar-refractivity contribution is 0.478. The third kappa shape index (κ3) is 3.08. The van der Waals surface area contributed by atoms with E-state index < -0.39 is 5.82 Å².